The minimum absolute atomic E-state index is 0.153. The zero-order chi connectivity index (χ0) is 11.6. The van der Waals surface area contributed by atoms with Crippen LogP contribution in [-0.4, -0.2) is 24.2 Å². The standard InChI is InChI=1S/C10H13FO4/c1-10(2)7(8(10)9(13)14)3-6(11)4-15-5-12/h3,5,7-8H,4H2,1-2H3,(H,13,14). The summed E-state index contributed by atoms with van der Waals surface area (Å²) in [6.45, 7) is 3.25. The van der Waals surface area contributed by atoms with E-state index in [1.165, 1.54) is 6.08 Å². The topological polar surface area (TPSA) is 63.6 Å². The van der Waals surface area contributed by atoms with E-state index in [1.54, 1.807) is 13.8 Å². The Kier molecular flexibility index (Phi) is 3.12. The molecule has 0 aromatic rings. The summed E-state index contributed by atoms with van der Waals surface area (Å²) in [5.74, 6) is -2.42. The lowest BCUT2D eigenvalue weighted by Gasteiger charge is -1.98. The third kappa shape index (κ3) is 2.34. The summed E-state index contributed by atoms with van der Waals surface area (Å²) in [5, 5.41) is 8.81. The number of carboxylic acid groups (broad SMARTS) is 1. The van der Waals surface area contributed by atoms with Crippen LogP contribution in [0.5, 0.6) is 0 Å². The van der Waals surface area contributed by atoms with E-state index in [-0.39, 0.29) is 12.4 Å². The summed E-state index contributed by atoms with van der Waals surface area (Å²) in [6.07, 6.45) is 1.22. The van der Waals surface area contributed by atoms with E-state index in [2.05, 4.69) is 4.74 Å². The van der Waals surface area contributed by atoms with Crippen molar-refractivity contribution in [2.24, 2.45) is 17.3 Å². The molecule has 0 aliphatic heterocycles. The number of aliphatic carboxylic acids is 1. The summed E-state index contributed by atoms with van der Waals surface area (Å²) in [7, 11) is 0. The van der Waals surface area contributed by atoms with Crippen LogP contribution in [0.3, 0.4) is 0 Å². The lowest BCUT2D eigenvalue weighted by Crippen LogP contribution is -2.03. The predicted molar refractivity (Wildman–Crippen MR) is 49.6 cm³/mol. The van der Waals surface area contributed by atoms with Gasteiger partial charge in [0, 0.05) is 0 Å². The van der Waals surface area contributed by atoms with Crippen LogP contribution in [-0.2, 0) is 14.3 Å². The van der Waals surface area contributed by atoms with Crippen LogP contribution >= 0.6 is 0 Å². The third-order valence-electron chi connectivity index (χ3n) is 2.83. The minimum Gasteiger partial charge on any atom is -0.481 e. The molecule has 2 unspecified atom stereocenters. The van der Waals surface area contributed by atoms with Crippen molar-refractivity contribution in [2.45, 2.75) is 13.8 Å². The highest BCUT2D eigenvalue weighted by molar-refractivity contribution is 5.76. The zero-order valence-electron chi connectivity index (χ0n) is 8.57. The quantitative estimate of drug-likeness (QED) is 0.705. The molecular weight excluding hydrogens is 203 g/mol. The van der Waals surface area contributed by atoms with Crippen molar-refractivity contribution in [1.29, 1.82) is 0 Å². The molecule has 1 N–H and O–H groups in total. The SMILES string of the molecule is CC1(C)C(C=C(F)COC=O)C1C(=O)O. The monoisotopic (exact) mass is 216 g/mol. The third-order valence-corrected chi connectivity index (χ3v) is 2.83. The van der Waals surface area contributed by atoms with Gasteiger partial charge in [0.2, 0.25) is 0 Å². The van der Waals surface area contributed by atoms with Crippen molar-refractivity contribution in [3.05, 3.63) is 11.9 Å². The molecule has 1 aliphatic carbocycles. The number of hydrogen-bond donors (Lipinski definition) is 1. The molecule has 1 saturated carbocycles. The molecule has 1 aliphatic rings. The fourth-order valence-corrected chi connectivity index (χ4v) is 1.82. The first-order valence-corrected chi connectivity index (χ1v) is 4.55. The van der Waals surface area contributed by atoms with Gasteiger partial charge in [-0.05, 0) is 17.4 Å². The number of carbonyl (C=O) groups is 2. The summed E-state index contributed by atoms with van der Waals surface area (Å²) in [4.78, 5) is 20.5. The van der Waals surface area contributed by atoms with Crippen LogP contribution in [0.25, 0.3) is 0 Å². The van der Waals surface area contributed by atoms with E-state index in [9.17, 15) is 14.0 Å². The smallest absolute Gasteiger partial charge is 0.307 e. The van der Waals surface area contributed by atoms with Gasteiger partial charge in [-0.15, -0.1) is 0 Å². The Bertz CT molecular complexity index is 309. The molecular formula is C10H13FO4. The Hall–Kier alpha value is -1.39. The average molecular weight is 216 g/mol. The highest BCUT2D eigenvalue weighted by Gasteiger charge is 2.61. The number of halogens is 1. The largest absolute Gasteiger partial charge is 0.481 e. The highest BCUT2D eigenvalue weighted by atomic mass is 19.1. The first kappa shape index (κ1) is 11.7. The number of allylic oxidation sites excluding steroid dienone is 1. The molecule has 0 radical (unpaired) electrons. The van der Waals surface area contributed by atoms with Crippen LogP contribution in [0.4, 0.5) is 4.39 Å². The average Bonchev–Trinajstić information content (AvgIpc) is 2.64. The number of carboxylic acids is 1. The second kappa shape index (κ2) is 4.00. The van der Waals surface area contributed by atoms with Crippen LogP contribution in [0, 0.1) is 17.3 Å². The van der Waals surface area contributed by atoms with E-state index in [4.69, 9.17) is 5.11 Å². The van der Waals surface area contributed by atoms with E-state index < -0.39 is 29.7 Å². The summed E-state index contributed by atoms with van der Waals surface area (Å²) >= 11 is 0. The Labute approximate surface area is 86.7 Å². The van der Waals surface area contributed by atoms with Gasteiger partial charge in [0.15, 0.2) is 0 Å². The number of carbonyl (C=O) groups excluding carboxylic acids is 1. The van der Waals surface area contributed by atoms with Gasteiger partial charge in [-0.3, -0.25) is 9.59 Å². The van der Waals surface area contributed by atoms with Crippen molar-refractivity contribution in [3.8, 4) is 0 Å². The van der Waals surface area contributed by atoms with Crippen LogP contribution in [0.2, 0.25) is 0 Å². The molecule has 15 heavy (non-hydrogen) atoms. The fraction of sp³-hybridized carbons (Fsp3) is 0.600. The fourth-order valence-electron chi connectivity index (χ4n) is 1.82. The van der Waals surface area contributed by atoms with Gasteiger partial charge < -0.3 is 9.84 Å². The summed E-state index contributed by atoms with van der Waals surface area (Å²) in [5.41, 5.74) is -0.426. The molecule has 0 spiro atoms. The molecule has 1 rings (SSSR count). The second-order valence-electron chi connectivity index (χ2n) is 4.18. The van der Waals surface area contributed by atoms with Gasteiger partial charge in [0.1, 0.15) is 12.4 Å². The molecule has 0 bridgehead atoms. The Morgan fingerprint density at radius 3 is 2.60 bits per heavy atom. The van der Waals surface area contributed by atoms with Crippen molar-refractivity contribution in [3.63, 3.8) is 0 Å². The molecule has 0 aromatic heterocycles. The maximum Gasteiger partial charge on any atom is 0.307 e. The molecule has 2 atom stereocenters. The molecule has 1 fully saturated rings. The van der Waals surface area contributed by atoms with Gasteiger partial charge in [-0.2, -0.15) is 0 Å². The second-order valence-corrected chi connectivity index (χ2v) is 4.18. The van der Waals surface area contributed by atoms with Crippen LogP contribution < -0.4 is 0 Å². The molecule has 0 heterocycles. The summed E-state index contributed by atoms with van der Waals surface area (Å²) in [6, 6.07) is 0. The lowest BCUT2D eigenvalue weighted by molar-refractivity contribution is -0.139. The Morgan fingerprint density at radius 1 is 1.60 bits per heavy atom. The molecule has 4 nitrogen and oxygen atoms in total. The van der Waals surface area contributed by atoms with Crippen molar-refractivity contribution < 1.29 is 23.8 Å². The van der Waals surface area contributed by atoms with Crippen LogP contribution in [0.1, 0.15) is 13.8 Å². The summed E-state index contributed by atoms with van der Waals surface area (Å²) < 4.78 is 17.3. The van der Waals surface area contributed by atoms with Gasteiger partial charge in [-0.1, -0.05) is 13.8 Å². The van der Waals surface area contributed by atoms with Gasteiger partial charge in [-0.25, -0.2) is 4.39 Å². The maximum absolute atomic E-state index is 13.0. The molecule has 0 aromatic carbocycles. The van der Waals surface area contributed by atoms with Crippen LogP contribution in [0.15, 0.2) is 11.9 Å². The molecule has 5 heteroatoms. The normalized spacial score (nSPS) is 28.3. The maximum atomic E-state index is 13.0. The number of rotatable bonds is 5. The number of hydrogen-bond acceptors (Lipinski definition) is 3. The van der Waals surface area contributed by atoms with E-state index in [0.717, 1.165) is 0 Å². The molecule has 84 valence electrons. The lowest BCUT2D eigenvalue weighted by atomic mass is 10.1. The zero-order valence-corrected chi connectivity index (χ0v) is 8.57. The minimum atomic E-state index is -0.926. The van der Waals surface area contributed by atoms with Crippen molar-refractivity contribution in [1.82, 2.24) is 0 Å². The highest BCUT2D eigenvalue weighted by Crippen LogP contribution is 2.59. The molecule has 0 saturated heterocycles. The van der Waals surface area contributed by atoms with E-state index in [1.807, 2.05) is 0 Å². The van der Waals surface area contributed by atoms with Gasteiger partial charge in [0.25, 0.3) is 6.47 Å². The Balaban J connectivity index is 2.60. The first-order chi connectivity index (χ1) is 6.91. The van der Waals surface area contributed by atoms with Crippen molar-refractivity contribution >= 4 is 12.4 Å². The first-order valence-electron chi connectivity index (χ1n) is 4.55. The van der Waals surface area contributed by atoms with E-state index >= 15 is 0 Å². The van der Waals surface area contributed by atoms with Gasteiger partial charge >= 0.3 is 5.97 Å². The Morgan fingerprint density at radius 2 is 2.20 bits per heavy atom. The van der Waals surface area contributed by atoms with Crippen molar-refractivity contribution in [2.75, 3.05) is 6.61 Å². The number of ether oxygens (including phenoxy) is 1. The van der Waals surface area contributed by atoms with E-state index in [0.29, 0.717) is 0 Å². The predicted octanol–water partition coefficient (Wildman–Crippen LogP) is 1.37. The van der Waals surface area contributed by atoms with Gasteiger partial charge in [0.05, 0.1) is 5.92 Å². The molecule has 0 amide bonds.